The summed E-state index contributed by atoms with van der Waals surface area (Å²) < 4.78 is 6.16. The van der Waals surface area contributed by atoms with Crippen molar-refractivity contribution in [2.45, 2.75) is 31.6 Å². The minimum absolute atomic E-state index is 0.0712. The van der Waals surface area contributed by atoms with Crippen LogP contribution in [0, 0.1) is 0 Å². The molecule has 6 heteroatoms. The zero-order chi connectivity index (χ0) is 17.4. The molecule has 1 spiro atoms. The van der Waals surface area contributed by atoms with Crippen LogP contribution in [0.5, 0.6) is 0 Å². The van der Waals surface area contributed by atoms with Crippen LogP contribution in [0.4, 0.5) is 5.82 Å². The van der Waals surface area contributed by atoms with Crippen molar-refractivity contribution in [3.8, 4) is 0 Å². The molecule has 2 atom stereocenters. The number of halogens is 1. The van der Waals surface area contributed by atoms with Gasteiger partial charge in [0.15, 0.2) is 0 Å². The Balaban J connectivity index is 1.45. The number of fused-ring (bicyclic) bond motifs is 2. The lowest BCUT2D eigenvalue weighted by Crippen LogP contribution is -2.42. The highest BCUT2D eigenvalue weighted by Gasteiger charge is 2.47. The summed E-state index contributed by atoms with van der Waals surface area (Å²) in [4.78, 5) is 18.9. The molecule has 0 saturated carbocycles. The first-order valence-corrected chi connectivity index (χ1v) is 8.84. The van der Waals surface area contributed by atoms with E-state index in [-0.39, 0.29) is 17.6 Å². The molecule has 0 bridgehead atoms. The van der Waals surface area contributed by atoms with Crippen LogP contribution >= 0.6 is 11.6 Å². The topological polar surface area (TPSA) is 54.5 Å². The molecule has 2 aliphatic rings. The van der Waals surface area contributed by atoms with Gasteiger partial charge in [-0.15, -0.1) is 0 Å². The number of hydrogen-bond acceptors (Lipinski definition) is 4. The Kier molecular flexibility index (Phi) is 4.23. The number of benzene rings is 1. The van der Waals surface area contributed by atoms with E-state index < -0.39 is 0 Å². The van der Waals surface area contributed by atoms with Gasteiger partial charge in [-0.25, -0.2) is 4.98 Å². The number of carbonyl (C=O) groups is 1. The van der Waals surface area contributed by atoms with E-state index in [9.17, 15) is 4.79 Å². The molecular weight excluding hydrogens is 338 g/mol. The molecule has 25 heavy (non-hydrogen) atoms. The van der Waals surface area contributed by atoms with Gasteiger partial charge in [0.05, 0.1) is 17.7 Å². The molecule has 2 aromatic rings. The Hall–Kier alpha value is -1.95. The summed E-state index contributed by atoms with van der Waals surface area (Å²) in [6.45, 7) is 4.13. The van der Waals surface area contributed by atoms with Crippen molar-refractivity contribution in [3.05, 3.63) is 58.7 Å². The van der Waals surface area contributed by atoms with Crippen LogP contribution in [0.3, 0.4) is 0 Å². The molecule has 1 amide bonds. The molecule has 0 unspecified atom stereocenters. The third-order valence-electron chi connectivity index (χ3n) is 5.18. The molecule has 4 rings (SSSR count). The summed E-state index contributed by atoms with van der Waals surface area (Å²) in [5.41, 5.74) is 2.25. The van der Waals surface area contributed by atoms with Crippen LogP contribution in [0.25, 0.3) is 0 Å². The molecular formula is C19H20ClN3O2. The number of ether oxygens (including phenoxy) is 1. The summed E-state index contributed by atoms with van der Waals surface area (Å²) in [5, 5.41) is 3.40. The minimum Gasteiger partial charge on any atom is -0.364 e. The van der Waals surface area contributed by atoms with E-state index in [1.54, 1.807) is 12.1 Å². The van der Waals surface area contributed by atoms with E-state index >= 15 is 0 Å². The van der Waals surface area contributed by atoms with E-state index in [0.29, 0.717) is 17.4 Å². The summed E-state index contributed by atoms with van der Waals surface area (Å²) in [6, 6.07) is 11.5. The van der Waals surface area contributed by atoms with Gasteiger partial charge in [0.25, 0.3) is 0 Å². The van der Waals surface area contributed by atoms with Gasteiger partial charge in [-0.2, -0.15) is 0 Å². The van der Waals surface area contributed by atoms with Crippen molar-refractivity contribution < 1.29 is 9.53 Å². The maximum absolute atomic E-state index is 12.6. The molecule has 0 aliphatic carbocycles. The van der Waals surface area contributed by atoms with Crippen molar-refractivity contribution in [1.82, 2.24) is 9.88 Å². The maximum Gasteiger partial charge on any atom is 0.242 e. The van der Waals surface area contributed by atoms with Gasteiger partial charge in [-0.05, 0) is 36.6 Å². The fourth-order valence-electron chi connectivity index (χ4n) is 3.71. The fraction of sp³-hybridized carbons (Fsp3) is 0.368. The summed E-state index contributed by atoms with van der Waals surface area (Å²) >= 11 is 5.83. The summed E-state index contributed by atoms with van der Waals surface area (Å²) in [5.74, 6) is 0.441. The first-order valence-electron chi connectivity index (χ1n) is 8.46. The van der Waals surface area contributed by atoms with Crippen molar-refractivity contribution in [1.29, 1.82) is 0 Å². The van der Waals surface area contributed by atoms with Crippen LogP contribution in [0.1, 0.15) is 24.5 Å². The van der Waals surface area contributed by atoms with Crippen LogP contribution in [0.2, 0.25) is 5.02 Å². The zero-order valence-corrected chi connectivity index (χ0v) is 14.8. The number of carbonyl (C=O) groups excluding carboxylic acids is 1. The molecule has 1 N–H and O–H groups in total. The molecule has 1 fully saturated rings. The lowest BCUT2D eigenvalue weighted by Gasteiger charge is -2.27. The summed E-state index contributed by atoms with van der Waals surface area (Å²) in [7, 11) is 0. The number of aromatic nitrogens is 1. The number of anilines is 1. The SMILES string of the molecule is C[C@H](C(=O)Nc1ccc(Cl)cn1)N1CC[C@]2(C1)OCc1ccccc12. The quantitative estimate of drug-likeness (QED) is 0.916. The van der Waals surface area contributed by atoms with Crippen LogP contribution in [-0.4, -0.2) is 34.9 Å². The van der Waals surface area contributed by atoms with Gasteiger partial charge in [0.2, 0.25) is 5.91 Å². The molecule has 0 radical (unpaired) electrons. The largest absolute Gasteiger partial charge is 0.364 e. The van der Waals surface area contributed by atoms with Gasteiger partial charge in [-0.3, -0.25) is 9.69 Å². The lowest BCUT2D eigenvalue weighted by atomic mass is 9.92. The second kappa shape index (κ2) is 6.41. The molecule has 1 aromatic heterocycles. The standard InChI is InChI=1S/C19H20ClN3O2/c1-13(18(24)22-17-7-6-15(20)10-21-17)23-9-8-19(12-23)16-5-3-2-4-14(16)11-25-19/h2-7,10,13H,8-9,11-12H2,1H3,(H,21,22,24)/t13-,19-/m1/s1. The van der Waals surface area contributed by atoms with Gasteiger partial charge in [-0.1, -0.05) is 35.9 Å². The van der Waals surface area contributed by atoms with E-state index in [2.05, 4.69) is 33.4 Å². The number of hydrogen-bond donors (Lipinski definition) is 1. The Morgan fingerprint density at radius 1 is 1.36 bits per heavy atom. The molecule has 130 valence electrons. The third kappa shape index (κ3) is 3.03. The average molecular weight is 358 g/mol. The number of pyridine rings is 1. The van der Waals surface area contributed by atoms with Crippen LogP contribution in [-0.2, 0) is 21.7 Å². The Labute approximate surface area is 152 Å². The Bertz CT molecular complexity index is 796. The second-order valence-corrected chi connectivity index (χ2v) is 7.12. The van der Waals surface area contributed by atoms with E-state index in [4.69, 9.17) is 16.3 Å². The molecule has 5 nitrogen and oxygen atoms in total. The van der Waals surface area contributed by atoms with Crippen molar-refractivity contribution >= 4 is 23.3 Å². The van der Waals surface area contributed by atoms with Gasteiger partial charge >= 0.3 is 0 Å². The van der Waals surface area contributed by atoms with Gasteiger partial charge in [0.1, 0.15) is 11.4 Å². The Morgan fingerprint density at radius 3 is 3.00 bits per heavy atom. The predicted molar refractivity (Wildman–Crippen MR) is 96.4 cm³/mol. The zero-order valence-electron chi connectivity index (χ0n) is 14.0. The van der Waals surface area contributed by atoms with E-state index in [0.717, 1.165) is 19.5 Å². The second-order valence-electron chi connectivity index (χ2n) is 6.69. The number of amides is 1. The number of likely N-dealkylation sites (tertiary alicyclic amines) is 1. The minimum atomic E-state index is -0.274. The van der Waals surface area contributed by atoms with Crippen molar-refractivity contribution in [2.24, 2.45) is 0 Å². The van der Waals surface area contributed by atoms with Gasteiger partial charge < -0.3 is 10.1 Å². The Morgan fingerprint density at radius 2 is 2.20 bits per heavy atom. The van der Waals surface area contributed by atoms with Crippen LogP contribution in [0.15, 0.2) is 42.6 Å². The number of rotatable bonds is 3. The lowest BCUT2D eigenvalue weighted by molar-refractivity contribution is -0.121. The van der Waals surface area contributed by atoms with Crippen molar-refractivity contribution in [3.63, 3.8) is 0 Å². The number of nitrogens with zero attached hydrogens (tertiary/aromatic N) is 2. The highest BCUT2D eigenvalue weighted by atomic mass is 35.5. The van der Waals surface area contributed by atoms with Gasteiger partial charge in [0, 0.05) is 19.3 Å². The monoisotopic (exact) mass is 357 g/mol. The first-order chi connectivity index (χ1) is 12.1. The molecule has 1 aromatic carbocycles. The average Bonchev–Trinajstić information content (AvgIpc) is 3.22. The van der Waals surface area contributed by atoms with E-state index in [1.807, 2.05) is 13.0 Å². The first kappa shape index (κ1) is 16.5. The smallest absolute Gasteiger partial charge is 0.242 e. The highest BCUT2D eigenvalue weighted by Crippen LogP contribution is 2.43. The molecule has 3 heterocycles. The summed E-state index contributed by atoms with van der Waals surface area (Å²) in [6.07, 6.45) is 2.43. The normalized spacial score (nSPS) is 23.6. The highest BCUT2D eigenvalue weighted by molar-refractivity contribution is 6.30. The van der Waals surface area contributed by atoms with Crippen molar-refractivity contribution in [2.75, 3.05) is 18.4 Å². The predicted octanol–water partition coefficient (Wildman–Crippen LogP) is 3.19. The maximum atomic E-state index is 12.6. The van der Waals surface area contributed by atoms with E-state index in [1.165, 1.54) is 17.3 Å². The van der Waals surface area contributed by atoms with Crippen LogP contribution < -0.4 is 5.32 Å². The molecule has 2 aliphatic heterocycles. The fourth-order valence-corrected chi connectivity index (χ4v) is 3.82. The number of nitrogens with one attached hydrogen (secondary N) is 1. The molecule has 1 saturated heterocycles. The third-order valence-corrected chi connectivity index (χ3v) is 5.40.